The van der Waals surface area contributed by atoms with Gasteiger partial charge in [-0.1, -0.05) is 23.2 Å². The molecule has 0 unspecified atom stereocenters. The maximum atomic E-state index is 13.8. The molecule has 1 aromatic carbocycles. The summed E-state index contributed by atoms with van der Waals surface area (Å²) in [5.41, 5.74) is 1.01. The molecule has 0 radical (unpaired) electrons. The fraction of sp³-hybridized carbons (Fsp3) is 0.440. The number of carboxylic acid groups (broad SMARTS) is 1. The molecule has 0 aliphatic carbocycles. The van der Waals surface area contributed by atoms with Gasteiger partial charge < -0.3 is 30.1 Å². The van der Waals surface area contributed by atoms with Gasteiger partial charge in [0.1, 0.15) is 17.1 Å². The summed E-state index contributed by atoms with van der Waals surface area (Å²) < 4.78 is 44.2. The molecular formula is C25H29Cl2F3N6O5. The lowest BCUT2D eigenvalue weighted by Crippen LogP contribution is -2.44. The van der Waals surface area contributed by atoms with Crippen LogP contribution < -0.4 is 25.7 Å². The summed E-state index contributed by atoms with van der Waals surface area (Å²) in [6, 6.07) is 3.32. The third-order valence-corrected chi connectivity index (χ3v) is 6.95. The smallest absolute Gasteiger partial charge is 0.490 e. The van der Waals surface area contributed by atoms with Gasteiger partial charge in [-0.2, -0.15) is 18.2 Å². The fourth-order valence-electron chi connectivity index (χ4n) is 4.18. The summed E-state index contributed by atoms with van der Waals surface area (Å²) >= 11 is 13.3. The van der Waals surface area contributed by atoms with Crippen LogP contribution in [-0.4, -0.2) is 90.7 Å². The number of piperazine rings is 1. The molecule has 2 aromatic heterocycles. The standard InChI is InChI=1S/C23H28Cl2N6O3.C2HF3O2/c1-26-23-28-13-14-11-15(18-19(24)16(33-2)12-17(34-3)20(18)25)22(32)31(21(14)29-23)8-4-7-30-9-5-27-6-10-30;3-2(4,5)1(6)7/h11-13,27H,4-10H2,1-3H3,(H,26,28,29);(H,6,7). The number of alkyl halides is 3. The van der Waals surface area contributed by atoms with Crippen LogP contribution in [-0.2, 0) is 11.3 Å². The van der Waals surface area contributed by atoms with Crippen molar-refractivity contribution in [3.8, 4) is 22.6 Å². The van der Waals surface area contributed by atoms with Crippen LogP contribution in [0.1, 0.15) is 6.42 Å². The Bertz CT molecular complexity index is 1420. The topological polar surface area (TPSA) is 131 Å². The molecule has 3 N–H and O–H groups in total. The Balaban J connectivity index is 0.000000587. The van der Waals surface area contributed by atoms with E-state index in [1.54, 1.807) is 29.9 Å². The van der Waals surface area contributed by atoms with E-state index in [0.29, 0.717) is 46.2 Å². The van der Waals surface area contributed by atoms with Crippen LogP contribution in [0, 0.1) is 0 Å². The number of aliphatic carboxylic acids is 1. The predicted molar refractivity (Wildman–Crippen MR) is 150 cm³/mol. The van der Waals surface area contributed by atoms with Crippen molar-refractivity contribution < 1.29 is 32.5 Å². The number of methoxy groups -OCH3 is 2. The molecular weight excluding hydrogens is 592 g/mol. The monoisotopic (exact) mass is 620 g/mol. The number of aryl methyl sites for hydroxylation is 1. The number of nitrogens with zero attached hydrogens (tertiary/aromatic N) is 4. The van der Waals surface area contributed by atoms with E-state index in [4.69, 9.17) is 42.6 Å². The van der Waals surface area contributed by atoms with E-state index in [1.165, 1.54) is 14.2 Å². The van der Waals surface area contributed by atoms with E-state index in [1.807, 2.05) is 0 Å². The first-order valence-corrected chi connectivity index (χ1v) is 13.1. The van der Waals surface area contributed by atoms with E-state index in [9.17, 15) is 18.0 Å². The zero-order chi connectivity index (χ0) is 30.3. The zero-order valence-electron chi connectivity index (χ0n) is 22.4. The van der Waals surface area contributed by atoms with Crippen LogP contribution >= 0.6 is 23.2 Å². The maximum absolute atomic E-state index is 13.8. The lowest BCUT2D eigenvalue weighted by atomic mass is 10.0. The minimum atomic E-state index is -5.08. The number of carboxylic acids is 1. The van der Waals surface area contributed by atoms with Crippen molar-refractivity contribution in [1.82, 2.24) is 24.8 Å². The second kappa shape index (κ2) is 14.0. The molecule has 3 heterocycles. The Morgan fingerprint density at radius 2 is 1.71 bits per heavy atom. The zero-order valence-corrected chi connectivity index (χ0v) is 24.0. The van der Waals surface area contributed by atoms with E-state index in [2.05, 4.69) is 25.5 Å². The summed E-state index contributed by atoms with van der Waals surface area (Å²) in [5, 5.41) is 14.6. The Labute approximate surface area is 243 Å². The van der Waals surface area contributed by atoms with Crippen LogP contribution in [0.15, 0.2) is 23.1 Å². The molecule has 0 spiro atoms. The van der Waals surface area contributed by atoms with Crippen molar-refractivity contribution in [1.29, 1.82) is 0 Å². The van der Waals surface area contributed by atoms with E-state index >= 15 is 0 Å². The number of fused-ring (bicyclic) bond motifs is 1. The summed E-state index contributed by atoms with van der Waals surface area (Å²) in [6.45, 7) is 5.33. The third kappa shape index (κ3) is 7.70. The summed E-state index contributed by atoms with van der Waals surface area (Å²) in [7, 11) is 4.74. The Kier molecular flexibility index (Phi) is 11.0. The second-order valence-corrected chi connectivity index (χ2v) is 9.53. The molecule has 41 heavy (non-hydrogen) atoms. The number of anilines is 1. The highest BCUT2D eigenvalue weighted by atomic mass is 35.5. The largest absolute Gasteiger partial charge is 0.495 e. The normalized spacial score (nSPS) is 13.9. The first-order valence-electron chi connectivity index (χ1n) is 12.3. The van der Waals surface area contributed by atoms with Crippen LogP contribution in [0.25, 0.3) is 22.2 Å². The highest BCUT2D eigenvalue weighted by Crippen LogP contribution is 2.45. The number of rotatable bonds is 8. The van der Waals surface area contributed by atoms with Gasteiger partial charge in [-0.25, -0.2) is 9.78 Å². The average Bonchev–Trinajstić information content (AvgIpc) is 2.95. The molecule has 224 valence electrons. The third-order valence-electron chi connectivity index (χ3n) is 6.20. The second-order valence-electron chi connectivity index (χ2n) is 8.77. The molecule has 4 rings (SSSR count). The number of halogens is 5. The molecule has 0 amide bonds. The summed E-state index contributed by atoms with van der Waals surface area (Å²) in [5.74, 6) is -1.59. The molecule has 0 saturated carbocycles. The van der Waals surface area contributed by atoms with Gasteiger partial charge in [0.15, 0.2) is 0 Å². The Hall–Kier alpha value is -3.33. The molecule has 1 fully saturated rings. The number of pyridine rings is 1. The number of ether oxygens (including phenoxy) is 2. The van der Waals surface area contributed by atoms with Crippen molar-refractivity contribution >= 4 is 46.2 Å². The van der Waals surface area contributed by atoms with Crippen LogP contribution in [0.2, 0.25) is 10.0 Å². The van der Waals surface area contributed by atoms with Gasteiger partial charge in [0.2, 0.25) is 5.95 Å². The molecule has 1 aliphatic heterocycles. The minimum absolute atomic E-state index is 0.241. The minimum Gasteiger partial charge on any atom is -0.495 e. The van der Waals surface area contributed by atoms with Gasteiger partial charge >= 0.3 is 12.1 Å². The highest BCUT2D eigenvalue weighted by Gasteiger charge is 2.38. The number of carbonyl (C=O) groups is 1. The lowest BCUT2D eigenvalue weighted by Gasteiger charge is -2.27. The van der Waals surface area contributed by atoms with Crippen molar-refractivity contribution in [2.75, 3.05) is 59.3 Å². The molecule has 1 saturated heterocycles. The molecule has 16 heteroatoms. The quantitative estimate of drug-likeness (QED) is 0.342. The Morgan fingerprint density at radius 1 is 1.12 bits per heavy atom. The van der Waals surface area contributed by atoms with Gasteiger partial charge in [0.05, 0.1) is 29.8 Å². The van der Waals surface area contributed by atoms with Gasteiger partial charge in [-0.3, -0.25) is 9.36 Å². The lowest BCUT2D eigenvalue weighted by molar-refractivity contribution is -0.192. The average molecular weight is 621 g/mol. The fourth-order valence-corrected chi connectivity index (χ4v) is 4.88. The van der Waals surface area contributed by atoms with E-state index < -0.39 is 12.1 Å². The highest BCUT2D eigenvalue weighted by molar-refractivity contribution is 6.41. The van der Waals surface area contributed by atoms with Gasteiger partial charge in [-0.15, -0.1) is 0 Å². The first-order chi connectivity index (χ1) is 19.4. The maximum Gasteiger partial charge on any atom is 0.490 e. The van der Waals surface area contributed by atoms with Crippen molar-refractivity contribution in [2.45, 2.75) is 19.1 Å². The molecule has 3 aromatic rings. The van der Waals surface area contributed by atoms with E-state index in [-0.39, 0.29) is 15.6 Å². The van der Waals surface area contributed by atoms with Gasteiger partial charge in [0.25, 0.3) is 5.56 Å². The number of aromatic nitrogens is 3. The summed E-state index contributed by atoms with van der Waals surface area (Å²) in [6.07, 6.45) is -2.61. The number of hydrogen-bond donors (Lipinski definition) is 3. The van der Waals surface area contributed by atoms with Crippen molar-refractivity contribution in [3.63, 3.8) is 0 Å². The van der Waals surface area contributed by atoms with Crippen LogP contribution in [0.4, 0.5) is 19.1 Å². The SMILES string of the molecule is CNc1ncc2cc(-c3c(Cl)c(OC)cc(OC)c3Cl)c(=O)n(CCCN3CCNCC3)c2n1.O=C(O)C(F)(F)F. The Morgan fingerprint density at radius 3 is 2.22 bits per heavy atom. The molecule has 0 bridgehead atoms. The predicted octanol–water partition coefficient (Wildman–Crippen LogP) is 3.75. The van der Waals surface area contributed by atoms with Crippen LogP contribution in [0.3, 0.4) is 0 Å². The van der Waals surface area contributed by atoms with Gasteiger partial charge in [0, 0.05) is 63.0 Å². The number of nitrogens with one attached hydrogen (secondary N) is 2. The van der Waals surface area contributed by atoms with Crippen molar-refractivity contribution in [2.24, 2.45) is 0 Å². The first kappa shape index (κ1) is 32.2. The number of benzene rings is 1. The van der Waals surface area contributed by atoms with E-state index in [0.717, 1.165) is 39.1 Å². The molecule has 1 aliphatic rings. The molecule has 11 nitrogen and oxygen atoms in total. The summed E-state index contributed by atoms with van der Waals surface area (Å²) in [4.78, 5) is 34.0. The molecule has 0 atom stereocenters. The van der Waals surface area contributed by atoms with Crippen molar-refractivity contribution in [3.05, 3.63) is 38.7 Å². The number of hydrogen-bond acceptors (Lipinski definition) is 9. The van der Waals surface area contributed by atoms with Crippen LogP contribution in [0.5, 0.6) is 11.5 Å². The van der Waals surface area contributed by atoms with Gasteiger partial charge in [-0.05, 0) is 19.0 Å².